The summed E-state index contributed by atoms with van der Waals surface area (Å²) in [6, 6.07) is 14.2. The third kappa shape index (κ3) is 5.65. The number of esters is 1. The molecule has 0 fully saturated rings. The summed E-state index contributed by atoms with van der Waals surface area (Å²) in [7, 11) is -3.61. The molecule has 0 aliphatic carbocycles. The van der Waals surface area contributed by atoms with Crippen LogP contribution in [0.25, 0.3) is 0 Å². The highest BCUT2D eigenvalue weighted by molar-refractivity contribution is 7.89. The molecule has 0 aliphatic rings. The van der Waals surface area contributed by atoms with Crippen molar-refractivity contribution in [2.24, 2.45) is 0 Å². The number of rotatable bonds is 9. The fraction of sp³-hybridized carbons (Fsp3) is 0.333. The van der Waals surface area contributed by atoms with E-state index in [1.807, 2.05) is 19.9 Å². The predicted octanol–water partition coefficient (Wildman–Crippen LogP) is 2.75. The van der Waals surface area contributed by atoms with E-state index in [1.54, 1.807) is 36.1 Å². The fourth-order valence-corrected chi connectivity index (χ4v) is 3.85. The molecule has 1 atom stereocenters. The zero-order valence-electron chi connectivity index (χ0n) is 16.8. The summed E-state index contributed by atoms with van der Waals surface area (Å²) in [6.07, 6.45) is -1.08. The number of nitrogens with zero attached hydrogens (tertiary/aromatic N) is 1. The summed E-state index contributed by atoms with van der Waals surface area (Å²) >= 11 is 0. The van der Waals surface area contributed by atoms with Crippen LogP contribution in [-0.4, -0.2) is 44.8 Å². The van der Waals surface area contributed by atoms with Crippen molar-refractivity contribution >= 4 is 21.9 Å². The molecule has 0 heterocycles. The van der Waals surface area contributed by atoms with Crippen LogP contribution in [0.5, 0.6) is 0 Å². The number of carbonyl (C=O) groups excluding carboxylic acids is 2. The molecule has 0 spiro atoms. The van der Waals surface area contributed by atoms with Crippen molar-refractivity contribution < 1.29 is 22.7 Å². The zero-order chi connectivity index (χ0) is 21.4. The highest BCUT2D eigenvalue weighted by atomic mass is 32.2. The monoisotopic (exact) mass is 418 g/mol. The van der Waals surface area contributed by atoms with Gasteiger partial charge in [-0.1, -0.05) is 37.3 Å². The molecule has 1 N–H and O–H groups in total. The first-order valence-electron chi connectivity index (χ1n) is 9.48. The van der Waals surface area contributed by atoms with Crippen molar-refractivity contribution in [1.29, 1.82) is 0 Å². The highest BCUT2D eigenvalue weighted by Crippen LogP contribution is 2.22. The summed E-state index contributed by atoms with van der Waals surface area (Å²) in [4.78, 5) is 27.2. The van der Waals surface area contributed by atoms with E-state index in [4.69, 9.17) is 4.74 Å². The number of sulfonamides is 1. The molecule has 2 aromatic rings. The molecule has 2 rings (SSSR count). The first-order chi connectivity index (χ1) is 13.8. The Bertz CT molecular complexity index is 923. The standard InChI is InChI=1S/C21H26N2O5S/c1-4-22-29(26,27)18-14-12-17(13-15-18)21(25)28-19(16-10-8-7-9-11-16)20(24)23(5-2)6-3/h7-15,19,22H,4-6H2,1-3H3/t19-/m1/s1. The topological polar surface area (TPSA) is 92.8 Å². The normalized spacial score (nSPS) is 12.2. The third-order valence-corrected chi connectivity index (χ3v) is 5.92. The number of nitrogens with one attached hydrogen (secondary N) is 1. The zero-order valence-corrected chi connectivity index (χ0v) is 17.6. The number of hydrogen-bond acceptors (Lipinski definition) is 5. The second-order valence-corrected chi connectivity index (χ2v) is 8.00. The van der Waals surface area contributed by atoms with Crippen molar-refractivity contribution in [3.63, 3.8) is 0 Å². The quantitative estimate of drug-likeness (QED) is 0.632. The minimum absolute atomic E-state index is 0.0507. The van der Waals surface area contributed by atoms with Gasteiger partial charge in [-0.2, -0.15) is 0 Å². The van der Waals surface area contributed by atoms with Gasteiger partial charge in [-0.15, -0.1) is 0 Å². The van der Waals surface area contributed by atoms with Crippen LogP contribution >= 0.6 is 0 Å². The highest BCUT2D eigenvalue weighted by Gasteiger charge is 2.28. The molecule has 1 amide bonds. The molecule has 0 unspecified atom stereocenters. The average Bonchev–Trinajstić information content (AvgIpc) is 2.73. The van der Waals surface area contributed by atoms with Crippen LogP contribution in [0.3, 0.4) is 0 Å². The molecule has 29 heavy (non-hydrogen) atoms. The molecule has 7 nitrogen and oxygen atoms in total. The Morgan fingerprint density at radius 3 is 2.07 bits per heavy atom. The summed E-state index contributed by atoms with van der Waals surface area (Å²) in [6.45, 7) is 6.64. The number of hydrogen-bond donors (Lipinski definition) is 1. The van der Waals surface area contributed by atoms with Gasteiger partial charge >= 0.3 is 5.97 Å². The lowest BCUT2D eigenvalue weighted by molar-refractivity contribution is -0.140. The van der Waals surface area contributed by atoms with Gasteiger partial charge in [-0.25, -0.2) is 17.9 Å². The van der Waals surface area contributed by atoms with Crippen LogP contribution in [0.15, 0.2) is 59.5 Å². The first-order valence-corrected chi connectivity index (χ1v) is 11.0. The minimum Gasteiger partial charge on any atom is -0.444 e. The van der Waals surface area contributed by atoms with E-state index in [1.165, 1.54) is 24.3 Å². The van der Waals surface area contributed by atoms with Gasteiger partial charge in [0.2, 0.25) is 16.1 Å². The van der Waals surface area contributed by atoms with E-state index in [9.17, 15) is 18.0 Å². The molecule has 2 aromatic carbocycles. The van der Waals surface area contributed by atoms with Gasteiger partial charge in [0.1, 0.15) is 0 Å². The van der Waals surface area contributed by atoms with Crippen molar-refractivity contribution in [3.05, 3.63) is 65.7 Å². The van der Waals surface area contributed by atoms with E-state index in [0.717, 1.165) is 0 Å². The molecule has 0 saturated heterocycles. The Balaban J connectivity index is 2.27. The summed E-state index contributed by atoms with van der Waals surface area (Å²) < 4.78 is 32.0. The Morgan fingerprint density at radius 1 is 0.966 bits per heavy atom. The lowest BCUT2D eigenvalue weighted by atomic mass is 10.1. The Hall–Kier alpha value is -2.71. The molecular formula is C21H26N2O5S. The molecule has 0 saturated carbocycles. The van der Waals surface area contributed by atoms with Crippen LogP contribution in [0.4, 0.5) is 0 Å². The second-order valence-electron chi connectivity index (χ2n) is 6.23. The van der Waals surface area contributed by atoms with Crippen molar-refractivity contribution in [3.8, 4) is 0 Å². The van der Waals surface area contributed by atoms with E-state index >= 15 is 0 Å². The van der Waals surface area contributed by atoms with Gasteiger partial charge in [0.25, 0.3) is 5.91 Å². The molecule has 8 heteroatoms. The molecule has 156 valence electrons. The average molecular weight is 419 g/mol. The van der Waals surface area contributed by atoms with Crippen LogP contribution in [-0.2, 0) is 19.6 Å². The SMILES string of the molecule is CCNS(=O)(=O)c1ccc(C(=O)O[C@@H](C(=O)N(CC)CC)c2ccccc2)cc1. The lowest BCUT2D eigenvalue weighted by Gasteiger charge is -2.25. The van der Waals surface area contributed by atoms with Crippen molar-refractivity contribution in [1.82, 2.24) is 9.62 Å². The maximum atomic E-state index is 12.9. The number of benzene rings is 2. The van der Waals surface area contributed by atoms with Crippen LogP contribution < -0.4 is 4.72 Å². The van der Waals surface area contributed by atoms with Crippen molar-refractivity contribution in [2.45, 2.75) is 31.8 Å². The largest absolute Gasteiger partial charge is 0.444 e. The number of carbonyl (C=O) groups is 2. The van der Waals surface area contributed by atoms with E-state index < -0.39 is 22.1 Å². The minimum atomic E-state index is -3.61. The van der Waals surface area contributed by atoms with Gasteiger partial charge < -0.3 is 9.64 Å². The predicted molar refractivity (Wildman–Crippen MR) is 110 cm³/mol. The van der Waals surface area contributed by atoms with Gasteiger partial charge in [-0.05, 0) is 38.1 Å². The molecule has 0 aliphatic heterocycles. The third-order valence-electron chi connectivity index (χ3n) is 4.36. The molecule has 0 radical (unpaired) electrons. The maximum Gasteiger partial charge on any atom is 0.339 e. The fourth-order valence-electron chi connectivity index (χ4n) is 2.81. The summed E-state index contributed by atoms with van der Waals surface area (Å²) in [5.74, 6) is -1.01. The Kier molecular flexibility index (Phi) is 7.92. The first kappa shape index (κ1) is 22.6. The van der Waals surface area contributed by atoms with Gasteiger partial charge in [0.15, 0.2) is 0 Å². The number of amides is 1. The summed E-state index contributed by atoms with van der Waals surface area (Å²) in [5, 5.41) is 0. The van der Waals surface area contributed by atoms with E-state index in [0.29, 0.717) is 18.7 Å². The molecular weight excluding hydrogens is 392 g/mol. The smallest absolute Gasteiger partial charge is 0.339 e. The second kappa shape index (κ2) is 10.2. The summed E-state index contributed by atoms with van der Waals surface area (Å²) in [5.41, 5.74) is 0.734. The number of likely N-dealkylation sites (N-methyl/N-ethyl adjacent to an activating group) is 1. The number of ether oxygens (including phenoxy) is 1. The Labute approximate surface area is 171 Å². The van der Waals surface area contributed by atoms with Crippen LogP contribution in [0, 0.1) is 0 Å². The molecule has 0 aromatic heterocycles. The Morgan fingerprint density at radius 2 is 1.55 bits per heavy atom. The molecule has 0 bridgehead atoms. The van der Waals surface area contributed by atoms with Gasteiger partial charge in [-0.3, -0.25) is 4.79 Å². The van der Waals surface area contributed by atoms with E-state index in [2.05, 4.69) is 4.72 Å². The maximum absolute atomic E-state index is 12.9. The van der Waals surface area contributed by atoms with Crippen molar-refractivity contribution in [2.75, 3.05) is 19.6 Å². The van der Waals surface area contributed by atoms with E-state index in [-0.39, 0.29) is 22.9 Å². The lowest BCUT2D eigenvalue weighted by Crippen LogP contribution is -2.36. The van der Waals surface area contributed by atoms with Gasteiger partial charge in [0, 0.05) is 25.2 Å². The van der Waals surface area contributed by atoms with Crippen LogP contribution in [0.2, 0.25) is 0 Å². The van der Waals surface area contributed by atoms with Crippen LogP contribution in [0.1, 0.15) is 42.8 Å². The van der Waals surface area contributed by atoms with Gasteiger partial charge in [0.05, 0.1) is 10.5 Å².